The molecule has 0 aromatic heterocycles. The zero-order valence-electron chi connectivity index (χ0n) is 59.7. The summed E-state index contributed by atoms with van der Waals surface area (Å²) in [7, 11) is 0. The van der Waals surface area contributed by atoms with Crippen molar-refractivity contribution in [2.24, 2.45) is 0 Å². The molecule has 0 aliphatic heterocycles. The standard InChI is InChI=1S/C82H157NO5/c1-3-5-7-9-11-13-15-17-19-20-21-41-44-47-50-54-58-62-66-70-74-80(85)79(78-84)83-81(86)75-71-67-63-59-55-51-48-45-42-39-37-35-33-31-29-27-25-23-22-24-26-28-30-32-34-36-38-40-43-46-49-53-57-61-65-69-73-77-88-82(87)76-72-68-64-60-56-52-18-16-14-12-10-8-6-4-2/h10,12,16,18,22,24,79-80,84-85H,3-9,11,13-15,17,19-21,23,25-78H2,1-2H3,(H,83,86)/b12-10-,18-16-,24-22-. The van der Waals surface area contributed by atoms with Crippen LogP contribution in [0.5, 0.6) is 0 Å². The third-order valence-electron chi connectivity index (χ3n) is 18.9. The molecule has 0 rings (SSSR count). The van der Waals surface area contributed by atoms with Crippen molar-refractivity contribution >= 4 is 11.9 Å². The number of hydrogen-bond donors (Lipinski definition) is 3. The van der Waals surface area contributed by atoms with Crippen molar-refractivity contribution in [3.05, 3.63) is 36.5 Å². The lowest BCUT2D eigenvalue weighted by molar-refractivity contribution is -0.143. The molecular formula is C82H157NO5. The highest BCUT2D eigenvalue weighted by Crippen LogP contribution is 2.20. The summed E-state index contributed by atoms with van der Waals surface area (Å²) in [5, 5.41) is 23.4. The summed E-state index contributed by atoms with van der Waals surface area (Å²) >= 11 is 0. The Morgan fingerprint density at radius 1 is 0.318 bits per heavy atom. The van der Waals surface area contributed by atoms with Gasteiger partial charge in [0.05, 0.1) is 25.4 Å². The van der Waals surface area contributed by atoms with Crippen LogP contribution in [0, 0.1) is 0 Å². The Morgan fingerprint density at radius 3 is 0.909 bits per heavy atom. The van der Waals surface area contributed by atoms with E-state index >= 15 is 0 Å². The molecule has 2 atom stereocenters. The van der Waals surface area contributed by atoms with Crippen LogP contribution in [0.15, 0.2) is 36.5 Å². The van der Waals surface area contributed by atoms with E-state index in [1.54, 1.807) is 0 Å². The Morgan fingerprint density at radius 2 is 0.580 bits per heavy atom. The van der Waals surface area contributed by atoms with Gasteiger partial charge in [0, 0.05) is 12.8 Å². The van der Waals surface area contributed by atoms with Crippen LogP contribution < -0.4 is 5.32 Å². The highest BCUT2D eigenvalue weighted by Gasteiger charge is 2.20. The molecule has 0 radical (unpaired) electrons. The van der Waals surface area contributed by atoms with Crippen LogP contribution in [-0.4, -0.2) is 47.4 Å². The van der Waals surface area contributed by atoms with Crippen LogP contribution in [0.1, 0.15) is 450 Å². The summed E-state index contributed by atoms with van der Waals surface area (Å²) in [6, 6.07) is -0.539. The molecule has 88 heavy (non-hydrogen) atoms. The van der Waals surface area contributed by atoms with Crippen molar-refractivity contribution in [2.45, 2.75) is 463 Å². The van der Waals surface area contributed by atoms with Gasteiger partial charge in [-0.05, 0) is 77.0 Å². The van der Waals surface area contributed by atoms with Gasteiger partial charge in [0.25, 0.3) is 0 Å². The van der Waals surface area contributed by atoms with E-state index in [0.717, 1.165) is 51.4 Å². The fourth-order valence-electron chi connectivity index (χ4n) is 12.8. The number of allylic oxidation sites excluding steroid dienone is 6. The van der Waals surface area contributed by atoms with Crippen LogP contribution >= 0.6 is 0 Å². The van der Waals surface area contributed by atoms with E-state index < -0.39 is 12.1 Å². The van der Waals surface area contributed by atoms with Crippen LogP contribution in [0.2, 0.25) is 0 Å². The monoisotopic (exact) mass is 1240 g/mol. The topological polar surface area (TPSA) is 95.9 Å². The molecule has 0 saturated carbocycles. The smallest absolute Gasteiger partial charge is 0.305 e. The summed E-state index contributed by atoms with van der Waals surface area (Å²) < 4.78 is 5.49. The highest BCUT2D eigenvalue weighted by atomic mass is 16.5. The Labute approximate surface area is 551 Å². The number of ether oxygens (including phenoxy) is 1. The minimum absolute atomic E-state index is 0.00734. The number of carbonyl (C=O) groups excluding carboxylic acids is 2. The molecule has 0 aliphatic rings. The summed E-state index contributed by atoms with van der Waals surface area (Å²) in [5.74, 6) is -0.0188. The van der Waals surface area contributed by atoms with Gasteiger partial charge < -0.3 is 20.3 Å². The molecule has 0 fully saturated rings. The fraction of sp³-hybridized carbons (Fsp3) is 0.902. The summed E-state index contributed by atoms with van der Waals surface area (Å²) in [6.07, 6.45) is 101. The summed E-state index contributed by atoms with van der Waals surface area (Å²) in [4.78, 5) is 24.6. The van der Waals surface area contributed by atoms with Crippen LogP contribution in [-0.2, 0) is 14.3 Å². The van der Waals surface area contributed by atoms with Gasteiger partial charge >= 0.3 is 5.97 Å². The summed E-state index contributed by atoms with van der Waals surface area (Å²) in [6.45, 7) is 4.95. The lowest BCUT2D eigenvalue weighted by atomic mass is 10.0. The number of nitrogens with one attached hydrogen (secondary N) is 1. The van der Waals surface area contributed by atoms with Gasteiger partial charge in [0.2, 0.25) is 5.91 Å². The maximum atomic E-state index is 12.6. The first-order valence-electron chi connectivity index (χ1n) is 40.2. The minimum Gasteiger partial charge on any atom is -0.466 e. The molecule has 0 heterocycles. The van der Waals surface area contributed by atoms with E-state index in [9.17, 15) is 19.8 Å². The largest absolute Gasteiger partial charge is 0.466 e. The quantitative estimate of drug-likeness (QED) is 0.0320. The maximum Gasteiger partial charge on any atom is 0.305 e. The normalized spacial score (nSPS) is 12.6. The Bertz CT molecular complexity index is 1430. The number of aliphatic hydroxyl groups excluding tert-OH is 2. The minimum atomic E-state index is -0.662. The zero-order valence-corrected chi connectivity index (χ0v) is 59.7. The average molecular weight is 1240 g/mol. The molecule has 0 bridgehead atoms. The zero-order chi connectivity index (χ0) is 63.5. The highest BCUT2D eigenvalue weighted by molar-refractivity contribution is 5.76. The van der Waals surface area contributed by atoms with Gasteiger partial charge in [0.1, 0.15) is 0 Å². The van der Waals surface area contributed by atoms with Crippen molar-refractivity contribution in [1.82, 2.24) is 5.32 Å². The average Bonchev–Trinajstić information content (AvgIpc) is 3.58. The molecule has 0 spiro atoms. The Kier molecular flexibility index (Phi) is 75.8. The Balaban J connectivity index is 3.34. The van der Waals surface area contributed by atoms with E-state index in [1.807, 2.05) is 0 Å². The number of aliphatic hydroxyl groups is 2. The van der Waals surface area contributed by atoms with Crippen molar-refractivity contribution in [2.75, 3.05) is 13.2 Å². The van der Waals surface area contributed by atoms with Crippen molar-refractivity contribution < 1.29 is 24.5 Å². The van der Waals surface area contributed by atoms with Crippen LogP contribution in [0.4, 0.5) is 0 Å². The van der Waals surface area contributed by atoms with Crippen molar-refractivity contribution in [3.8, 4) is 0 Å². The first-order chi connectivity index (χ1) is 43.5. The van der Waals surface area contributed by atoms with Crippen LogP contribution in [0.3, 0.4) is 0 Å². The van der Waals surface area contributed by atoms with E-state index in [-0.39, 0.29) is 18.5 Å². The second kappa shape index (κ2) is 77.5. The lowest BCUT2D eigenvalue weighted by Gasteiger charge is -2.22. The number of unbranched alkanes of at least 4 members (excludes halogenated alkanes) is 59. The van der Waals surface area contributed by atoms with Crippen LogP contribution in [0.25, 0.3) is 0 Å². The molecule has 0 aliphatic carbocycles. The van der Waals surface area contributed by atoms with Gasteiger partial charge in [0.15, 0.2) is 0 Å². The number of rotatable bonds is 76. The van der Waals surface area contributed by atoms with Crippen molar-refractivity contribution in [3.63, 3.8) is 0 Å². The molecule has 6 nitrogen and oxygen atoms in total. The lowest BCUT2D eigenvalue weighted by Crippen LogP contribution is -2.45. The van der Waals surface area contributed by atoms with Gasteiger partial charge in [-0.15, -0.1) is 0 Å². The Hall–Kier alpha value is -1.92. The van der Waals surface area contributed by atoms with Gasteiger partial charge in [-0.25, -0.2) is 0 Å². The number of hydrogen-bond acceptors (Lipinski definition) is 5. The van der Waals surface area contributed by atoms with Gasteiger partial charge in [-0.2, -0.15) is 0 Å². The van der Waals surface area contributed by atoms with Gasteiger partial charge in [-0.1, -0.05) is 397 Å². The van der Waals surface area contributed by atoms with E-state index in [0.29, 0.717) is 25.9 Å². The molecule has 1 amide bonds. The third kappa shape index (κ3) is 73.1. The molecule has 0 aromatic carbocycles. The number of esters is 1. The second-order valence-corrected chi connectivity index (χ2v) is 27.7. The fourth-order valence-corrected chi connectivity index (χ4v) is 12.8. The molecule has 6 heteroatoms. The predicted octanol–water partition coefficient (Wildman–Crippen LogP) is 26.6. The molecule has 2 unspecified atom stereocenters. The van der Waals surface area contributed by atoms with E-state index in [4.69, 9.17) is 4.74 Å². The second-order valence-electron chi connectivity index (χ2n) is 27.7. The first-order valence-corrected chi connectivity index (χ1v) is 40.2. The predicted molar refractivity (Wildman–Crippen MR) is 389 cm³/mol. The molecule has 0 aromatic rings. The van der Waals surface area contributed by atoms with E-state index in [1.165, 1.54) is 366 Å². The molecular weight excluding hydrogens is 1080 g/mol. The van der Waals surface area contributed by atoms with Crippen molar-refractivity contribution in [1.29, 1.82) is 0 Å². The molecule has 3 N–H and O–H groups in total. The van der Waals surface area contributed by atoms with E-state index in [2.05, 4.69) is 55.6 Å². The number of carbonyl (C=O) groups is 2. The third-order valence-corrected chi connectivity index (χ3v) is 18.9. The maximum absolute atomic E-state index is 12.6. The first kappa shape index (κ1) is 86.1. The molecule has 0 saturated heterocycles. The SMILES string of the molecule is CCCC/C=C\C/C=C\CCCCCCCC(=O)OCCCCCCCCCCCCCCCCCC/C=C\CCCCCCCCCCCCCCCCCCCC(=O)NC(CO)C(O)CCCCCCCCCCCCCCCCCCCCCC. The summed E-state index contributed by atoms with van der Waals surface area (Å²) in [5.41, 5.74) is 0. The molecule has 520 valence electrons. The van der Waals surface area contributed by atoms with Gasteiger partial charge in [-0.3, -0.25) is 9.59 Å². The number of amides is 1.